The minimum Gasteiger partial charge on any atom is -0.379 e. The van der Waals surface area contributed by atoms with Crippen LogP contribution in [0.5, 0.6) is 0 Å². The molecule has 3 nitrogen and oxygen atoms in total. The zero-order valence-electron chi connectivity index (χ0n) is 10.1. The lowest BCUT2D eigenvalue weighted by Gasteiger charge is -2.26. The van der Waals surface area contributed by atoms with E-state index in [-0.39, 0.29) is 12.4 Å². The maximum absolute atomic E-state index is 5.31. The lowest BCUT2D eigenvalue weighted by molar-refractivity contribution is 0.0384. The minimum absolute atomic E-state index is 0. The zero-order chi connectivity index (χ0) is 11.1. The predicted octanol–water partition coefficient (Wildman–Crippen LogP) is 1.53. The van der Waals surface area contributed by atoms with Crippen molar-refractivity contribution in [3.63, 3.8) is 0 Å². The van der Waals surface area contributed by atoms with Gasteiger partial charge in [-0.05, 0) is 5.56 Å². The molecule has 1 aliphatic rings. The molecule has 0 aliphatic carbocycles. The smallest absolute Gasteiger partial charge is 0.0594 e. The third kappa shape index (κ3) is 5.50. The third-order valence-corrected chi connectivity index (χ3v) is 2.88. The van der Waals surface area contributed by atoms with E-state index in [0.29, 0.717) is 0 Å². The van der Waals surface area contributed by atoms with Crippen LogP contribution in [0.15, 0.2) is 30.3 Å². The van der Waals surface area contributed by atoms with Crippen LogP contribution < -0.4 is 5.32 Å². The van der Waals surface area contributed by atoms with Crippen LogP contribution in [0.25, 0.3) is 0 Å². The van der Waals surface area contributed by atoms with E-state index in [1.165, 1.54) is 5.56 Å². The number of nitrogens with one attached hydrogen (secondary N) is 1. The quantitative estimate of drug-likeness (QED) is 0.809. The van der Waals surface area contributed by atoms with Gasteiger partial charge in [-0.1, -0.05) is 30.3 Å². The van der Waals surface area contributed by atoms with Crippen LogP contribution in [0.2, 0.25) is 0 Å². The molecule has 17 heavy (non-hydrogen) atoms. The Morgan fingerprint density at radius 1 is 1.12 bits per heavy atom. The SMILES string of the molecule is Cl.c1ccc(CNCCN2CCOCC2)cc1. The summed E-state index contributed by atoms with van der Waals surface area (Å²) in [4.78, 5) is 2.45. The molecule has 1 aliphatic heterocycles. The van der Waals surface area contributed by atoms with Crippen molar-refractivity contribution in [2.24, 2.45) is 0 Å². The van der Waals surface area contributed by atoms with Crippen LogP contribution in [0.4, 0.5) is 0 Å². The van der Waals surface area contributed by atoms with Crippen molar-refractivity contribution in [2.45, 2.75) is 6.54 Å². The molecule has 0 bridgehead atoms. The van der Waals surface area contributed by atoms with Gasteiger partial charge in [0, 0.05) is 32.7 Å². The van der Waals surface area contributed by atoms with Crippen LogP contribution in [0, 0.1) is 0 Å². The van der Waals surface area contributed by atoms with Gasteiger partial charge in [0.1, 0.15) is 0 Å². The Labute approximate surface area is 110 Å². The van der Waals surface area contributed by atoms with E-state index in [1.807, 2.05) is 0 Å². The molecule has 2 rings (SSSR count). The molecule has 1 saturated heterocycles. The maximum Gasteiger partial charge on any atom is 0.0594 e. The lowest BCUT2D eigenvalue weighted by atomic mass is 10.2. The van der Waals surface area contributed by atoms with E-state index in [4.69, 9.17) is 4.74 Å². The monoisotopic (exact) mass is 256 g/mol. The molecular weight excluding hydrogens is 236 g/mol. The van der Waals surface area contributed by atoms with E-state index in [2.05, 4.69) is 40.5 Å². The average Bonchev–Trinajstić information content (AvgIpc) is 2.37. The van der Waals surface area contributed by atoms with E-state index in [1.54, 1.807) is 0 Å². The van der Waals surface area contributed by atoms with Crippen molar-refractivity contribution in [3.8, 4) is 0 Å². The van der Waals surface area contributed by atoms with E-state index in [0.717, 1.165) is 45.9 Å². The molecule has 0 amide bonds. The summed E-state index contributed by atoms with van der Waals surface area (Å²) in [6.07, 6.45) is 0. The average molecular weight is 257 g/mol. The molecule has 4 heteroatoms. The first kappa shape index (κ1) is 14.5. The Hall–Kier alpha value is -0.610. The number of hydrogen-bond acceptors (Lipinski definition) is 3. The third-order valence-electron chi connectivity index (χ3n) is 2.88. The summed E-state index contributed by atoms with van der Waals surface area (Å²) < 4.78 is 5.31. The Morgan fingerprint density at radius 2 is 1.82 bits per heavy atom. The van der Waals surface area contributed by atoms with Crippen LogP contribution in [-0.2, 0) is 11.3 Å². The van der Waals surface area contributed by atoms with Gasteiger partial charge < -0.3 is 10.1 Å². The van der Waals surface area contributed by atoms with E-state index < -0.39 is 0 Å². The van der Waals surface area contributed by atoms with Crippen molar-refractivity contribution in [2.75, 3.05) is 39.4 Å². The number of morpholine rings is 1. The second-order valence-corrected chi connectivity index (χ2v) is 4.12. The molecule has 1 aromatic rings. The maximum atomic E-state index is 5.31. The fourth-order valence-electron chi connectivity index (χ4n) is 1.89. The number of halogens is 1. The molecule has 1 aromatic carbocycles. The highest BCUT2D eigenvalue weighted by molar-refractivity contribution is 5.85. The van der Waals surface area contributed by atoms with Crippen molar-refractivity contribution in [1.82, 2.24) is 10.2 Å². The topological polar surface area (TPSA) is 24.5 Å². The molecule has 0 aromatic heterocycles. The highest BCUT2D eigenvalue weighted by Crippen LogP contribution is 1.98. The Morgan fingerprint density at radius 3 is 2.53 bits per heavy atom. The highest BCUT2D eigenvalue weighted by Gasteiger charge is 2.08. The summed E-state index contributed by atoms with van der Waals surface area (Å²) in [6.45, 7) is 7.06. The molecule has 0 spiro atoms. The fraction of sp³-hybridized carbons (Fsp3) is 0.538. The van der Waals surface area contributed by atoms with Crippen LogP contribution in [0.3, 0.4) is 0 Å². The fourth-order valence-corrected chi connectivity index (χ4v) is 1.89. The summed E-state index contributed by atoms with van der Waals surface area (Å²) in [5.74, 6) is 0. The largest absolute Gasteiger partial charge is 0.379 e. The first-order valence-corrected chi connectivity index (χ1v) is 6.00. The van der Waals surface area contributed by atoms with Gasteiger partial charge in [-0.3, -0.25) is 4.90 Å². The van der Waals surface area contributed by atoms with Gasteiger partial charge in [-0.25, -0.2) is 0 Å². The molecule has 0 atom stereocenters. The second kappa shape index (κ2) is 8.48. The van der Waals surface area contributed by atoms with Crippen molar-refractivity contribution in [1.29, 1.82) is 0 Å². The van der Waals surface area contributed by atoms with Gasteiger partial charge in [-0.2, -0.15) is 0 Å². The summed E-state index contributed by atoms with van der Waals surface area (Å²) >= 11 is 0. The van der Waals surface area contributed by atoms with Crippen molar-refractivity contribution in [3.05, 3.63) is 35.9 Å². The molecule has 1 N–H and O–H groups in total. The summed E-state index contributed by atoms with van der Waals surface area (Å²) in [7, 11) is 0. The Bertz CT molecular complexity index is 289. The number of hydrogen-bond donors (Lipinski definition) is 1. The van der Waals surface area contributed by atoms with Gasteiger partial charge >= 0.3 is 0 Å². The molecule has 96 valence electrons. The number of nitrogens with zero attached hydrogens (tertiary/aromatic N) is 1. The standard InChI is InChI=1S/C13H20N2O.ClH/c1-2-4-13(5-3-1)12-14-6-7-15-8-10-16-11-9-15;/h1-5,14H,6-12H2;1H. The van der Waals surface area contributed by atoms with Gasteiger partial charge in [0.15, 0.2) is 0 Å². The minimum atomic E-state index is 0. The van der Waals surface area contributed by atoms with E-state index in [9.17, 15) is 0 Å². The van der Waals surface area contributed by atoms with Crippen LogP contribution >= 0.6 is 12.4 Å². The number of rotatable bonds is 5. The van der Waals surface area contributed by atoms with Crippen LogP contribution in [0.1, 0.15) is 5.56 Å². The van der Waals surface area contributed by atoms with Gasteiger partial charge in [0.25, 0.3) is 0 Å². The molecule has 0 unspecified atom stereocenters. The van der Waals surface area contributed by atoms with Crippen molar-refractivity contribution < 1.29 is 4.74 Å². The van der Waals surface area contributed by atoms with E-state index >= 15 is 0 Å². The van der Waals surface area contributed by atoms with Gasteiger partial charge in [0.05, 0.1) is 13.2 Å². The van der Waals surface area contributed by atoms with Crippen molar-refractivity contribution >= 4 is 12.4 Å². The van der Waals surface area contributed by atoms with Gasteiger partial charge in [-0.15, -0.1) is 12.4 Å². The summed E-state index contributed by atoms with van der Waals surface area (Å²) in [5, 5.41) is 3.47. The van der Waals surface area contributed by atoms with Crippen LogP contribution in [-0.4, -0.2) is 44.3 Å². The summed E-state index contributed by atoms with van der Waals surface area (Å²) in [6, 6.07) is 10.5. The molecule has 1 fully saturated rings. The zero-order valence-corrected chi connectivity index (χ0v) is 10.9. The lowest BCUT2D eigenvalue weighted by Crippen LogP contribution is -2.40. The number of ether oxygens (including phenoxy) is 1. The molecule has 0 radical (unpaired) electrons. The predicted molar refractivity (Wildman–Crippen MR) is 72.7 cm³/mol. The molecule has 0 saturated carbocycles. The Balaban J connectivity index is 0.00000144. The Kier molecular flexibility index (Phi) is 7.21. The first-order chi connectivity index (χ1) is 7.95. The number of benzene rings is 1. The normalized spacial score (nSPS) is 16.5. The molecule has 1 heterocycles. The highest BCUT2D eigenvalue weighted by atomic mass is 35.5. The molecular formula is C13H21ClN2O. The second-order valence-electron chi connectivity index (χ2n) is 4.12. The van der Waals surface area contributed by atoms with Gasteiger partial charge in [0.2, 0.25) is 0 Å². The summed E-state index contributed by atoms with van der Waals surface area (Å²) in [5.41, 5.74) is 1.35. The first-order valence-electron chi connectivity index (χ1n) is 6.00.